The van der Waals surface area contributed by atoms with E-state index in [4.69, 9.17) is 4.52 Å². The van der Waals surface area contributed by atoms with Crippen molar-refractivity contribution in [2.24, 2.45) is 0 Å². The monoisotopic (exact) mass is 254 g/mol. The van der Waals surface area contributed by atoms with Crippen molar-refractivity contribution in [2.45, 2.75) is 6.92 Å². The van der Waals surface area contributed by atoms with Gasteiger partial charge in [0.1, 0.15) is 0 Å². The van der Waals surface area contributed by atoms with Crippen molar-refractivity contribution in [1.29, 1.82) is 0 Å². The van der Waals surface area contributed by atoms with Crippen molar-refractivity contribution in [3.63, 3.8) is 0 Å². The molecule has 1 heterocycles. The van der Waals surface area contributed by atoms with E-state index in [1.54, 1.807) is 25.1 Å². The normalized spacial score (nSPS) is 14.5. The maximum absolute atomic E-state index is 11.4. The Balaban J connectivity index is 2.28. The highest BCUT2D eigenvalue weighted by atomic mass is 31.2. The van der Waals surface area contributed by atoms with Crippen molar-refractivity contribution in [3.8, 4) is 5.88 Å². The van der Waals surface area contributed by atoms with E-state index in [2.05, 4.69) is 14.5 Å². The molecule has 1 aromatic heterocycles. The molecular formula is C10H11N2O4P. The predicted molar refractivity (Wildman–Crippen MR) is 61.6 cm³/mol. The number of hydrogen-bond acceptors (Lipinski definition) is 5. The summed E-state index contributed by atoms with van der Waals surface area (Å²) in [5.41, 5.74) is 1.27. The standard InChI is InChI=1S/C10H11N2O4P/c1-2-15-17(13,14)16-10-7-11-8-5-3-4-6-9(8)12-10/h3-7H,2H2,1H3,(H,13,14). The van der Waals surface area contributed by atoms with Crippen LogP contribution in [-0.2, 0) is 9.09 Å². The molecule has 2 aromatic rings. The van der Waals surface area contributed by atoms with Gasteiger partial charge in [-0.1, -0.05) is 12.1 Å². The van der Waals surface area contributed by atoms with Crippen LogP contribution in [0, 0.1) is 0 Å². The fourth-order valence-corrected chi connectivity index (χ4v) is 2.00. The number of phosphoric acid groups is 1. The molecule has 7 heteroatoms. The Hall–Kier alpha value is -1.49. The molecule has 90 valence electrons. The van der Waals surface area contributed by atoms with Crippen LogP contribution in [0.15, 0.2) is 30.5 Å². The Morgan fingerprint density at radius 2 is 2.06 bits per heavy atom. The van der Waals surface area contributed by atoms with Crippen LogP contribution in [0.5, 0.6) is 5.88 Å². The minimum absolute atomic E-state index is 0.0389. The van der Waals surface area contributed by atoms with E-state index < -0.39 is 7.82 Å². The van der Waals surface area contributed by atoms with E-state index in [-0.39, 0.29) is 12.5 Å². The van der Waals surface area contributed by atoms with Gasteiger partial charge in [-0.15, -0.1) is 0 Å². The van der Waals surface area contributed by atoms with Gasteiger partial charge in [0.05, 0.1) is 23.8 Å². The first-order chi connectivity index (χ1) is 8.11. The van der Waals surface area contributed by atoms with Gasteiger partial charge in [-0.2, -0.15) is 0 Å². The summed E-state index contributed by atoms with van der Waals surface area (Å²) in [6.07, 6.45) is 1.28. The minimum atomic E-state index is -4.09. The van der Waals surface area contributed by atoms with Crippen LogP contribution in [0.3, 0.4) is 0 Å². The van der Waals surface area contributed by atoms with Gasteiger partial charge in [-0.05, 0) is 19.1 Å². The Morgan fingerprint density at radius 3 is 2.76 bits per heavy atom. The molecular weight excluding hydrogens is 243 g/mol. The highest BCUT2D eigenvalue weighted by Crippen LogP contribution is 2.42. The van der Waals surface area contributed by atoms with Gasteiger partial charge in [0.15, 0.2) is 0 Å². The van der Waals surface area contributed by atoms with E-state index in [1.165, 1.54) is 6.20 Å². The van der Waals surface area contributed by atoms with Crippen LogP contribution >= 0.6 is 7.82 Å². The molecule has 6 nitrogen and oxygen atoms in total. The predicted octanol–water partition coefficient (Wildman–Crippen LogP) is 2.15. The molecule has 2 rings (SSSR count). The number of phosphoric ester groups is 1. The highest BCUT2D eigenvalue weighted by Gasteiger charge is 2.22. The molecule has 1 aromatic carbocycles. The van der Waals surface area contributed by atoms with Gasteiger partial charge in [0.25, 0.3) is 0 Å². The molecule has 17 heavy (non-hydrogen) atoms. The third kappa shape index (κ3) is 3.00. The summed E-state index contributed by atoms with van der Waals surface area (Å²) in [6, 6.07) is 7.14. The number of aromatic nitrogens is 2. The van der Waals surface area contributed by atoms with Gasteiger partial charge in [-0.3, -0.25) is 9.42 Å². The largest absolute Gasteiger partial charge is 0.528 e. The van der Waals surface area contributed by atoms with E-state index in [0.29, 0.717) is 11.0 Å². The second-order valence-corrected chi connectivity index (χ2v) is 4.55. The molecule has 0 aliphatic carbocycles. The van der Waals surface area contributed by atoms with Crippen LogP contribution in [0.2, 0.25) is 0 Å². The molecule has 0 saturated heterocycles. The lowest BCUT2D eigenvalue weighted by molar-refractivity contribution is 0.211. The van der Waals surface area contributed by atoms with Crippen molar-refractivity contribution >= 4 is 18.9 Å². The summed E-state index contributed by atoms with van der Waals surface area (Å²) in [7, 11) is -4.09. The zero-order valence-corrected chi connectivity index (χ0v) is 10.0. The zero-order chi connectivity index (χ0) is 12.3. The lowest BCUT2D eigenvalue weighted by Crippen LogP contribution is -1.99. The number of para-hydroxylation sites is 2. The number of benzene rings is 1. The summed E-state index contributed by atoms with van der Waals surface area (Å²) in [5, 5.41) is 0. The Bertz CT molecular complexity index is 575. The quantitative estimate of drug-likeness (QED) is 0.842. The second-order valence-electron chi connectivity index (χ2n) is 3.17. The Labute approximate surface area is 97.9 Å². The molecule has 0 saturated carbocycles. The zero-order valence-electron chi connectivity index (χ0n) is 9.11. The summed E-state index contributed by atoms with van der Waals surface area (Å²) in [5.74, 6) is -0.0389. The first kappa shape index (κ1) is 12.0. The molecule has 0 radical (unpaired) electrons. The van der Waals surface area contributed by atoms with Gasteiger partial charge in [-0.25, -0.2) is 14.5 Å². The van der Waals surface area contributed by atoms with Crippen LogP contribution in [-0.4, -0.2) is 21.5 Å². The van der Waals surface area contributed by atoms with Gasteiger partial charge < -0.3 is 4.52 Å². The smallest absolute Gasteiger partial charge is 0.384 e. The molecule has 0 aliphatic heterocycles. The minimum Gasteiger partial charge on any atom is -0.384 e. The molecule has 1 N–H and O–H groups in total. The summed E-state index contributed by atoms with van der Waals surface area (Å²) in [4.78, 5) is 17.4. The topological polar surface area (TPSA) is 81.5 Å². The highest BCUT2D eigenvalue weighted by molar-refractivity contribution is 7.47. The van der Waals surface area contributed by atoms with Gasteiger partial charge in [0, 0.05) is 0 Å². The summed E-state index contributed by atoms with van der Waals surface area (Å²) < 4.78 is 20.7. The maximum atomic E-state index is 11.4. The molecule has 0 amide bonds. The fourth-order valence-electron chi connectivity index (χ4n) is 1.29. The third-order valence-electron chi connectivity index (χ3n) is 1.93. The molecule has 0 fully saturated rings. The molecule has 0 aliphatic rings. The van der Waals surface area contributed by atoms with Crippen molar-refractivity contribution in [3.05, 3.63) is 30.5 Å². The van der Waals surface area contributed by atoms with Crippen molar-refractivity contribution in [1.82, 2.24) is 9.97 Å². The average molecular weight is 254 g/mol. The third-order valence-corrected chi connectivity index (χ3v) is 2.93. The first-order valence-corrected chi connectivity index (χ1v) is 6.49. The summed E-state index contributed by atoms with van der Waals surface area (Å²) >= 11 is 0. The summed E-state index contributed by atoms with van der Waals surface area (Å²) in [6.45, 7) is 1.67. The van der Waals surface area contributed by atoms with Crippen LogP contribution < -0.4 is 4.52 Å². The average Bonchev–Trinajstić information content (AvgIpc) is 2.28. The van der Waals surface area contributed by atoms with E-state index in [1.807, 2.05) is 6.07 Å². The number of nitrogens with zero attached hydrogens (tertiary/aromatic N) is 2. The SMILES string of the molecule is CCOP(=O)(O)Oc1cnc2ccccc2n1. The van der Waals surface area contributed by atoms with E-state index in [0.717, 1.165) is 0 Å². The van der Waals surface area contributed by atoms with Crippen LogP contribution in [0.4, 0.5) is 0 Å². The molecule has 0 spiro atoms. The fraction of sp³-hybridized carbons (Fsp3) is 0.200. The Morgan fingerprint density at radius 1 is 1.35 bits per heavy atom. The number of rotatable bonds is 4. The van der Waals surface area contributed by atoms with Crippen molar-refractivity contribution in [2.75, 3.05) is 6.61 Å². The van der Waals surface area contributed by atoms with E-state index >= 15 is 0 Å². The molecule has 1 atom stereocenters. The van der Waals surface area contributed by atoms with Crippen LogP contribution in [0.25, 0.3) is 11.0 Å². The maximum Gasteiger partial charge on any atom is 0.528 e. The first-order valence-electron chi connectivity index (χ1n) is 4.99. The Kier molecular flexibility index (Phi) is 3.38. The lowest BCUT2D eigenvalue weighted by atomic mass is 10.3. The van der Waals surface area contributed by atoms with Crippen molar-refractivity contribution < 1.29 is 18.5 Å². The lowest BCUT2D eigenvalue weighted by Gasteiger charge is -2.10. The van der Waals surface area contributed by atoms with Gasteiger partial charge >= 0.3 is 7.82 Å². The van der Waals surface area contributed by atoms with Gasteiger partial charge in [0.2, 0.25) is 5.88 Å². The number of fused-ring (bicyclic) bond motifs is 1. The van der Waals surface area contributed by atoms with E-state index in [9.17, 15) is 9.46 Å². The molecule has 1 unspecified atom stereocenters. The second kappa shape index (κ2) is 4.79. The molecule has 0 bridgehead atoms. The number of hydrogen-bond donors (Lipinski definition) is 1. The van der Waals surface area contributed by atoms with Crippen LogP contribution in [0.1, 0.15) is 6.92 Å².